The first kappa shape index (κ1) is 18.9. The minimum absolute atomic E-state index is 0.0172. The third kappa shape index (κ3) is 3.90. The van der Waals surface area contributed by atoms with Crippen LogP contribution in [0.2, 0.25) is 0 Å². The van der Waals surface area contributed by atoms with Crippen LogP contribution in [0.1, 0.15) is 23.3 Å². The molecule has 1 aromatic heterocycles. The van der Waals surface area contributed by atoms with Gasteiger partial charge in [0.15, 0.2) is 5.60 Å². The van der Waals surface area contributed by atoms with E-state index in [9.17, 15) is 9.59 Å². The highest BCUT2D eigenvalue weighted by Gasteiger charge is 2.48. The van der Waals surface area contributed by atoms with Crippen molar-refractivity contribution in [3.05, 3.63) is 24.0 Å². The van der Waals surface area contributed by atoms with Crippen molar-refractivity contribution in [1.29, 1.82) is 0 Å². The maximum Gasteiger partial charge on any atom is 0.270 e. The average Bonchev–Trinajstić information content (AvgIpc) is 3.43. The lowest BCUT2D eigenvalue weighted by atomic mass is 9.96. The van der Waals surface area contributed by atoms with E-state index in [4.69, 9.17) is 9.57 Å². The van der Waals surface area contributed by atoms with Gasteiger partial charge in [-0.15, -0.1) is 0 Å². The zero-order chi connectivity index (χ0) is 19.6. The van der Waals surface area contributed by atoms with Crippen LogP contribution >= 0.6 is 0 Å². The SMILES string of the molecule is Cn1cccc1C(=O)N1CC[C@@]2(CC(C(=O)NCCN3CCOCC3)=NO2)C1. The van der Waals surface area contributed by atoms with Crippen LogP contribution in [0.4, 0.5) is 0 Å². The number of hydrogen-bond donors (Lipinski definition) is 1. The number of amides is 2. The molecule has 9 heteroatoms. The van der Waals surface area contributed by atoms with Crippen molar-refractivity contribution in [3.63, 3.8) is 0 Å². The summed E-state index contributed by atoms with van der Waals surface area (Å²) in [6.45, 7) is 5.71. The molecule has 9 nitrogen and oxygen atoms in total. The maximum absolute atomic E-state index is 12.7. The van der Waals surface area contributed by atoms with Gasteiger partial charge >= 0.3 is 0 Å². The Bertz CT molecular complexity index is 770. The summed E-state index contributed by atoms with van der Waals surface area (Å²) in [5, 5.41) is 6.96. The number of carbonyl (C=O) groups excluding carboxylic acids is 2. The fourth-order valence-electron chi connectivity index (χ4n) is 3.98. The number of nitrogens with zero attached hydrogens (tertiary/aromatic N) is 4. The molecule has 0 radical (unpaired) electrons. The Hall–Kier alpha value is -2.39. The van der Waals surface area contributed by atoms with Gasteiger partial charge in [-0.1, -0.05) is 5.16 Å². The van der Waals surface area contributed by atoms with E-state index >= 15 is 0 Å². The minimum Gasteiger partial charge on any atom is -0.386 e. The molecule has 0 aromatic carbocycles. The van der Waals surface area contributed by atoms with E-state index in [1.165, 1.54) is 0 Å². The summed E-state index contributed by atoms with van der Waals surface area (Å²) < 4.78 is 7.14. The van der Waals surface area contributed by atoms with E-state index in [2.05, 4.69) is 15.4 Å². The van der Waals surface area contributed by atoms with Crippen LogP contribution < -0.4 is 5.32 Å². The highest BCUT2D eigenvalue weighted by atomic mass is 16.7. The molecule has 1 atom stereocenters. The molecule has 0 unspecified atom stereocenters. The summed E-state index contributed by atoms with van der Waals surface area (Å²) in [6, 6.07) is 3.67. The summed E-state index contributed by atoms with van der Waals surface area (Å²) in [5.41, 5.74) is 0.490. The predicted octanol–water partition coefficient (Wildman–Crippen LogP) is -0.165. The van der Waals surface area contributed by atoms with Crippen molar-refractivity contribution in [2.45, 2.75) is 18.4 Å². The average molecular weight is 389 g/mol. The molecule has 1 aromatic rings. The van der Waals surface area contributed by atoms with Gasteiger partial charge in [0, 0.05) is 58.8 Å². The Kier molecular flexibility index (Phi) is 5.36. The molecule has 3 aliphatic heterocycles. The zero-order valence-corrected chi connectivity index (χ0v) is 16.2. The van der Waals surface area contributed by atoms with Crippen LogP contribution in [0.15, 0.2) is 23.5 Å². The molecule has 3 aliphatic rings. The molecule has 28 heavy (non-hydrogen) atoms. The molecular weight excluding hydrogens is 362 g/mol. The highest BCUT2D eigenvalue weighted by Crippen LogP contribution is 2.34. The molecule has 4 rings (SSSR count). The molecular formula is C19H27N5O4. The molecule has 2 amide bonds. The minimum atomic E-state index is -0.572. The number of morpholine rings is 1. The van der Waals surface area contributed by atoms with E-state index in [0.717, 1.165) is 32.8 Å². The second-order valence-electron chi connectivity index (χ2n) is 7.68. The first-order valence-corrected chi connectivity index (χ1v) is 9.80. The predicted molar refractivity (Wildman–Crippen MR) is 102 cm³/mol. The van der Waals surface area contributed by atoms with Crippen LogP contribution in [0.5, 0.6) is 0 Å². The Balaban J connectivity index is 1.25. The summed E-state index contributed by atoms with van der Waals surface area (Å²) in [5.74, 6) is -0.200. The molecule has 152 valence electrons. The van der Waals surface area contributed by atoms with E-state index < -0.39 is 5.60 Å². The van der Waals surface area contributed by atoms with Gasteiger partial charge in [-0.3, -0.25) is 14.5 Å². The summed E-state index contributed by atoms with van der Waals surface area (Å²) >= 11 is 0. The largest absolute Gasteiger partial charge is 0.386 e. The van der Waals surface area contributed by atoms with E-state index in [0.29, 0.717) is 43.9 Å². The Morgan fingerprint density at radius 1 is 1.29 bits per heavy atom. The summed E-state index contributed by atoms with van der Waals surface area (Å²) in [6.07, 6.45) is 2.97. The number of aryl methyl sites for hydroxylation is 1. The first-order valence-electron chi connectivity index (χ1n) is 9.80. The van der Waals surface area contributed by atoms with Crippen LogP contribution in [0.3, 0.4) is 0 Å². The lowest BCUT2D eigenvalue weighted by molar-refractivity contribution is -0.115. The zero-order valence-electron chi connectivity index (χ0n) is 16.2. The molecule has 1 spiro atoms. The van der Waals surface area contributed by atoms with Crippen molar-refractivity contribution in [2.75, 3.05) is 52.5 Å². The van der Waals surface area contributed by atoms with Gasteiger partial charge in [-0.05, 0) is 12.1 Å². The van der Waals surface area contributed by atoms with Crippen molar-refractivity contribution < 1.29 is 19.2 Å². The van der Waals surface area contributed by atoms with Gasteiger partial charge in [-0.25, -0.2) is 0 Å². The van der Waals surface area contributed by atoms with Crippen molar-refractivity contribution in [1.82, 2.24) is 19.7 Å². The van der Waals surface area contributed by atoms with Crippen LogP contribution in [0, 0.1) is 0 Å². The number of oxime groups is 1. The molecule has 2 fully saturated rings. The fourth-order valence-corrected chi connectivity index (χ4v) is 3.98. The van der Waals surface area contributed by atoms with Crippen LogP contribution in [-0.4, -0.2) is 90.0 Å². The topological polar surface area (TPSA) is 88.4 Å². The van der Waals surface area contributed by atoms with Gasteiger partial charge in [0.1, 0.15) is 11.4 Å². The maximum atomic E-state index is 12.7. The van der Waals surface area contributed by atoms with Gasteiger partial charge in [0.25, 0.3) is 11.8 Å². The monoisotopic (exact) mass is 389 g/mol. The lowest BCUT2D eigenvalue weighted by Crippen LogP contribution is -2.43. The smallest absolute Gasteiger partial charge is 0.270 e. The standard InChI is InChI=1S/C19H27N5O4/c1-22-6-2-3-16(22)18(26)24-7-4-19(14-24)13-15(21-28-19)17(25)20-5-8-23-9-11-27-12-10-23/h2-3,6H,4-5,7-14H2,1H3,(H,20,25)/t19-/m1/s1. The molecule has 0 bridgehead atoms. The number of rotatable bonds is 5. The first-order chi connectivity index (χ1) is 13.6. The lowest BCUT2D eigenvalue weighted by Gasteiger charge is -2.26. The number of nitrogens with one attached hydrogen (secondary N) is 1. The quantitative estimate of drug-likeness (QED) is 0.756. The van der Waals surface area contributed by atoms with E-state index in [-0.39, 0.29) is 11.8 Å². The third-order valence-corrected chi connectivity index (χ3v) is 5.68. The van der Waals surface area contributed by atoms with E-state index in [1.807, 2.05) is 29.9 Å². The van der Waals surface area contributed by atoms with Crippen LogP contribution in [-0.2, 0) is 21.4 Å². The second kappa shape index (κ2) is 7.92. The van der Waals surface area contributed by atoms with Gasteiger partial charge in [-0.2, -0.15) is 0 Å². The Morgan fingerprint density at radius 2 is 2.11 bits per heavy atom. The third-order valence-electron chi connectivity index (χ3n) is 5.68. The number of likely N-dealkylation sites (tertiary alicyclic amines) is 1. The van der Waals surface area contributed by atoms with Crippen molar-refractivity contribution >= 4 is 17.5 Å². The van der Waals surface area contributed by atoms with E-state index in [1.54, 1.807) is 4.90 Å². The normalized spacial score (nSPS) is 25.0. The fraction of sp³-hybridized carbons (Fsp3) is 0.632. The molecule has 1 N–H and O–H groups in total. The highest BCUT2D eigenvalue weighted by molar-refractivity contribution is 6.39. The number of aromatic nitrogens is 1. The Labute approximate surface area is 164 Å². The van der Waals surface area contributed by atoms with Gasteiger partial charge in [0.2, 0.25) is 0 Å². The number of ether oxygens (including phenoxy) is 1. The molecule has 0 saturated carbocycles. The van der Waals surface area contributed by atoms with Crippen molar-refractivity contribution in [2.24, 2.45) is 12.2 Å². The molecule has 0 aliphatic carbocycles. The number of carbonyl (C=O) groups is 2. The molecule has 2 saturated heterocycles. The second-order valence-corrected chi connectivity index (χ2v) is 7.68. The van der Waals surface area contributed by atoms with Crippen LogP contribution in [0.25, 0.3) is 0 Å². The molecule has 4 heterocycles. The number of hydrogen-bond acceptors (Lipinski definition) is 6. The van der Waals surface area contributed by atoms with Crippen molar-refractivity contribution in [3.8, 4) is 0 Å². The summed E-state index contributed by atoms with van der Waals surface area (Å²) in [4.78, 5) is 34.8. The van der Waals surface area contributed by atoms with Gasteiger partial charge < -0.3 is 24.4 Å². The Morgan fingerprint density at radius 3 is 2.86 bits per heavy atom. The summed E-state index contributed by atoms with van der Waals surface area (Å²) in [7, 11) is 1.85. The van der Waals surface area contributed by atoms with Gasteiger partial charge in [0.05, 0.1) is 19.8 Å².